The number of amides is 2. The van der Waals surface area contributed by atoms with Crippen molar-refractivity contribution in [2.45, 2.75) is 25.4 Å². The third kappa shape index (κ3) is 2.56. The molecule has 2 aliphatic heterocycles. The van der Waals surface area contributed by atoms with Gasteiger partial charge in [0.25, 0.3) is 0 Å². The predicted molar refractivity (Wildman–Crippen MR) is 72.6 cm³/mol. The van der Waals surface area contributed by atoms with E-state index in [1.54, 1.807) is 11.3 Å². The Bertz CT molecular complexity index is 525. The van der Waals surface area contributed by atoms with Gasteiger partial charge in [0.2, 0.25) is 0 Å². The Morgan fingerprint density at radius 2 is 2.20 bits per heavy atom. The molecule has 2 aliphatic rings. The monoisotopic (exact) mass is 297 g/mol. The zero-order chi connectivity index (χ0) is 14.1. The Kier molecular flexibility index (Phi) is 3.49. The second-order valence-electron chi connectivity index (χ2n) is 4.83. The summed E-state index contributed by atoms with van der Waals surface area (Å²) in [5.41, 5.74) is 0.905. The summed E-state index contributed by atoms with van der Waals surface area (Å²) in [6.07, 6.45) is 0.130. The summed E-state index contributed by atoms with van der Waals surface area (Å²) in [7, 11) is 0. The van der Waals surface area contributed by atoms with E-state index in [1.165, 1.54) is 5.06 Å². The third-order valence-corrected chi connectivity index (χ3v) is 4.54. The summed E-state index contributed by atoms with van der Waals surface area (Å²) in [5.74, 6) is 0. The number of urea groups is 1. The number of thiophene rings is 1. The molecule has 0 unspecified atom stereocenters. The van der Waals surface area contributed by atoms with Crippen LogP contribution in [0.1, 0.15) is 17.7 Å². The second kappa shape index (κ2) is 5.29. The van der Waals surface area contributed by atoms with Crippen LogP contribution in [0.2, 0.25) is 0 Å². The lowest BCUT2D eigenvalue weighted by molar-refractivity contribution is -0.136. The van der Waals surface area contributed by atoms with E-state index in [-0.39, 0.29) is 12.1 Å². The van der Waals surface area contributed by atoms with E-state index >= 15 is 0 Å². The van der Waals surface area contributed by atoms with Crippen LogP contribution in [0, 0.1) is 0 Å². The number of carbonyl (C=O) groups is 2. The molecule has 20 heavy (non-hydrogen) atoms. The van der Waals surface area contributed by atoms with Gasteiger partial charge >= 0.3 is 12.2 Å². The van der Waals surface area contributed by atoms with Crippen LogP contribution < -0.4 is 5.32 Å². The summed E-state index contributed by atoms with van der Waals surface area (Å²) in [6, 6.07) is 1.96. The highest BCUT2D eigenvalue weighted by atomic mass is 32.1. The first kappa shape index (κ1) is 13.2. The van der Waals surface area contributed by atoms with Gasteiger partial charge in [-0.05, 0) is 24.3 Å². The molecule has 0 aromatic carbocycles. The fourth-order valence-electron chi connectivity index (χ4n) is 2.64. The topological polar surface area (TPSA) is 82.1 Å². The third-order valence-electron chi connectivity index (χ3n) is 3.63. The van der Waals surface area contributed by atoms with Crippen molar-refractivity contribution in [3.05, 3.63) is 16.3 Å². The number of carbonyl (C=O) groups excluding carboxylic acids is 1. The normalized spacial score (nSPS) is 20.4. The molecule has 8 heteroatoms. The van der Waals surface area contributed by atoms with Crippen molar-refractivity contribution in [2.75, 3.05) is 18.4 Å². The number of rotatable bonds is 2. The summed E-state index contributed by atoms with van der Waals surface area (Å²) >= 11 is 1.63. The smallest absolute Gasteiger partial charge is 0.448 e. The van der Waals surface area contributed by atoms with Gasteiger partial charge in [0.05, 0.1) is 12.2 Å². The number of hydroxylamine groups is 2. The molecule has 3 heterocycles. The van der Waals surface area contributed by atoms with Crippen molar-refractivity contribution in [2.24, 2.45) is 0 Å². The summed E-state index contributed by atoms with van der Waals surface area (Å²) in [5, 5.41) is 14.9. The standard InChI is InChI=1S/C12H15N3O4S/c16-11-13-9-3-6-20-10(9)7-15(11)8-1-4-14(5-2-8)19-12(17)18/h3,6,8H,1-2,4-5,7H2,(H,13,16)(H,17,18). The SMILES string of the molecule is O=C(O)ON1CCC(N2Cc3sccc3NC2=O)CC1. The molecule has 0 radical (unpaired) electrons. The molecule has 1 aromatic rings. The fraction of sp³-hybridized carbons (Fsp3) is 0.500. The van der Waals surface area contributed by atoms with Gasteiger partial charge in [0, 0.05) is 24.0 Å². The van der Waals surface area contributed by atoms with E-state index in [2.05, 4.69) is 10.2 Å². The van der Waals surface area contributed by atoms with Crippen molar-refractivity contribution >= 4 is 29.2 Å². The zero-order valence-electron chi connectivity index (χ0n) is 10.7. The quantitative estimate of drug-likeness (QED) is 0.874. The zero-order valence-corrected chi connectivity index (χ0v) is 11.6. The average Bonchev–Trinajstić information content (AvgIpc) is 2.85. The Morgan fingerprint density at radius 3 is 2.90 bits per heavy atom. The lowest BCUT2D eigenvalue weighted by Crippen LogP contribution is -2.50. The van der Waals surface area contributed by atoms with Crippen molar-refractivity contribution in [1.29, 1.82) is 0 Å². The van der Waals surface area contributed by atoms with Crippen LogP contribution in [-0.2, 0) is 11.4 Å². The van der Waals surface area contributed by atoms with Crippen LogP contribution >= 0.6 is 11.3 Å². The fourth-order valence-corrected chi connectivity index (χ4v) is 3.47. The number of anilines is 1. The summed E-state index contributed by atoms with van der Waals surface area (Å²) < 4.78 is 0. The average molecular weight is 297 g/mol. The first-order valence-electron chi connectivity index (χ1n) is 6.43. The Balaban J connectivity index is 1.61. The van der Waals surface area contributed by atoms with Crippen molar-refractivity contribution in [3.63, 3.8) is 0 Å². The highest BCUT2D eigenvalue weighted by Crippen LogP contribution is 2.31. The van der Waals surface area contributed by atoms with Crippen LogP contribution in [0.5, 0.6) is 0 Å². The molecule has 0 spiro atoms. The molecule has 1 aromatic heterocycles. The van der Waals surface area contributed by atoms with E-state index in [0.717, 1.165) is 10.6 Å². The number of piperidine rings is 1. The van der Waals surface area contributed by atoms with Crippen molar-refractivity contribution in [3.8, 4) is 0 Å². The predicted octanol–water partition coefficient (Wildman–Crippen LogP) is 2.17. The van der Waals surface area contributed by atoms with Gasteiger partial charge in [-0.25, -0.2) is 9.59 Å². The second-order valence-corrected chi connectivity index (χ2v) is 5.83. The minimum absolute atomic E-state index is 0.0755. The number of nitrogens with zero attached hydrogens (tertiary/aromatic N) is 2. The Morgan fingerprint density at radius 1 is 1.45 bits per heavy atom. The summed E-state index contributed by atoms with van der Waals surface area (Å²) in [4.78, 5) is 30.2. The first-order valence-corrected chi connectivity index (χ1v) is 7.31. The van der Waals surface area contributed by atoms with Gasteiger partial charge in [-0.15, -0.1) is 16.4 Å². The van der Waals surface area contributed by atoms with Gasteiger partial charge in [0.1, 0.15) is 0 Å². The maximum atomic E-state index is 12.1. The van der Waals surface area contributed by atoms with Gasteiger partial charge in [-0.3, -0.25) is 0 Å². The van der Waals surface area contributed by atoms with E-state index in [4.69, 9.17) is 5.11 Å². The van der Waals surface area contributed by atoms with Gasteiger partial charge < -0.3 is 20.2 Å². The lowest BCUT2D eigenvalue weighted by Gasteiger charge is -2.38. The molecule has 0 bridgehead atoms. The Labute approximate surface area is 119 Å². The summed E-state index contributed by atoms with van der Waals surface area (Å²) in [6.45, 7) is 1.65. The number of fused-ring (bicyclic) bond motifs is 1. The maximum Gasteiger partial charge on any atom is 0.525 e. The largest absolute Gasteiger partial charge is 0.525 e. The molecular weight excluding hydrogens is 282 g/mol. The molecular formula is C12H15N3O4S. The van der Waals surface area contributed by atoms with Crippen LogP contribution in [-0.4, -0.2) is 46.4 Å². The molecule has 7 nitrogen and oxygen atoms in total. The highest BCUT2D eigenvalue weighted by molar-refractivity contribution is 7.10. The molecule has 108 valence electrons. The Hall–Kier alpha value is -1.80. The van der Waals surface area contributed by atoms with Gasteiger partial charge in [-0.1, -0.05) is 0 Å². The van der Waals surface area contributed by atoms with Crippen LogP contribution in [0.4, 0.5) is 15.3 Å². The maximum absolute atomic E-state index is 12.1. The van der Waals surface area contributed by atoms with Crippen molar-refractivity contribution < 1.29 is 19.5 Å². The highest BCUT2D eigenvalue weighted by Gasteiger charge is 2.32. The number of nitrogens with one attached hydrogen (secondary N) is 1. The molecule has 1 fully saturated rings. The number of hydrogen-bond donors (Lipinski definition) is 2. The van der Waals surface area contributed by atoms with Crippen molar-refractivity contribution in [1.82, 2.24) is 9.96 Å². The van der Waals surface area contributed by atoms with Gasteiger partial charge in [-0.2, -0.15) is 0 Å². The van der Waals surface area contributed by atoms with Crippen LogP contribution in [0.15, 0.2) is 11.4 Å². The molecule has 3 rings (SSSR count). The van der Waals surface area contributed by atoms with Crippen LogP contribution in [0.25, 0.3) is 0 Å². The molecule has 0 saturated carbocycles. The minimum atomic E-state index is -1.29. The molecule has 0 atom stereocenters. The number of hydrogen-bond acceptors (Lipinski definition) is 5. The molecule has 2 amide bonds. The van der Waals surface area contributed by atoms with Crippen LogP contribution in [0.3, 0.4) is 0 Å². The molecule has 0 aliphatic carbocycles. The number of carboxylic acid groups (broad SMARTS) is 1. The van der Waals surface area contributed by atoms with E-state index in [1.807, 2.05) is 16.3 Å². The van der Waals surface area contributed by atoms with Gasteiger partial charge in [0.15, 0.2) is 0 Å². The van der Waals surface area contributed by atoms with E-state index in [0.29, 0.717) is 32.5 Å². The minimum Gasteiger partial charge on any atom is -0.448 e. The van der Waals surface area contributed by atoms with E-state index in [9.17, 15) is 9.59 Å². The lowest BCUT2D eigenvalue weighted by atomic mass is 10.0. The first-order chi connectivity index (χ1) is 9.63. The van der Waals surface area contributed by atoms with E-state index < -0.39 is 6.16 Å². The molecule has 2 N–H and O–H groups in total. The molecule has 1 saturated heterocycles.